The summed E-state index contributed by atoms with van der Waals surface area (Å²) >= 11 is 7.56. The van der Waals surface area contributed by atoms with Crippen molar-refractivity contribution in [1.82, 2.24) is 0 Å². The Balaban J connectivity index is 1.57. The lowest BCUT2D eigenvalue weighted by Gasteiger charge is -2.22. The minimum atomic E-state index is -0.251. The lowest BCUT2D eigenvalue weighted by molar-refractivity contribution is -0.121. The second kappa shape index (κ2) is 8.72. The average Bonchev–Trinajstić information content (AvgIpc) is 2.87. The van der Waals surface area contributed by atoms with E-state index in [1.54, 1.807) is 40.9 Å². The van der Waals surface area contributed by atoms with Crippen LogP contribution in [0.3, 0.4) is 0 Å². The Morgan fingerprint density at radius 1 is 1.00 bits per heavy atom. The van der Waals surface area contributed by atoms with E-state index in [0.717, 1.165) is 16.1 Å². The van der Waals surface area contributed by atoms with E-state index in [0.29, 0.717) is 17.1 Å². The minimum absolute atomic E-state index is 0.00850. The molecule has 0 saturated heterocycles. The summed E-state index contributed by atoms with van der Waals surface area (Å²) < 4.78 is 0. The molecule has 0 saturated carbocycles. The third kappa shape index (κ3) is 4.63. The SMILES string of the molecule is O=C(CN1C(=O)C[C@@H](c2ccccc2)Sc2ccccc21)Nc1ccc(Cl)cc1. The Kier molecular flexibility index (Phi) is 5.88. The number of amides is 2. The van der Waals surface area contributed by atoms with Crippen molar-refractivity contribution < 1.29 is 9.59 Å². The van der Waals surface area contributed by atoms with Crippen LogP contribution in [0.15, 0.2) is 83.8 Å². The predicted octanol–water partition coefficient (Wildman–Crippen LogP) is 5.55. The van der Waals surface area contributed by atoms with Gasteiger partial charge in [0.1, 0.15) is 6.54 Å². The number of hydrogen-bond acceptors (Lipinski definition) is 3. The molecule has 2 amide bonds. The van der Waals surface area contributed by atoms with Crippen molar-refractivity contribution in [1.29, 1.82) is 0 Å². The number of para-hydroxylation sites is 1. The fourth-order valence-corrected chi connectivity index (χ4v) is 4.69. The second-order valence-electron chi connectivity index (χ2n) is 6.72. The molecule has 29 heavy (non-hydrogen) atoms. The number of carbonyl (C=O) groups is 2. The number of nitrogens with zero attached hydrogens (tertiary/aromatic N) is 1. The molecule has 0 radical (unpaired) electrons. The number of fused-ring (bicyclic) bond motifs is 1. The molecule has 1 aliphatic heterocycles. The van der Waals surface area contributed by atoms with E-state index in [1.165, 1.54) is 0 Å². The average molecular weight is 423 g/mol. The van der Waals surface area contributed by atoms with Crippen molar-refractivity contribution in [2.24, 2.45) is 0 Å². The molecule has 1 aliphatic rings. The Labute approximate surface area is 178 Å². The van der Waals surface area contributed by atoms with Crippen molar-refractivity contribution in [3.05, 3.63) is 89.4 Å². The van der Waals surface area contributed by atoms with Crippen LogP contribution in [0.5, 0.6) is 0 Å². The van der Waals surface area contributed by atoms with Crippen LogP contribution in [0.4, 0.5) is 11.4 Å². The van der Waals surface area contributed by atoms with E-state index in [9.17, 15) is 9.59 Å². The van der Waals surface area contributed by atoms with Crippen molar-refractivity contribution in [2.45, 2.75) is 16.6 Å². The topological polar surface area (TPSA) is 49.4 Å². The van der Waals surface area contributed by atoms with Gasteiger partial charge < -0.3 is 10.2 Å². The number of rotatable bonds is 4. The van der Waals surface area contributed by atoms with Crippen LogP contribution in [-0.2, 0) is 9.59 Å². The third-order valence-electron chi connectivity index (χ3n) is 4.69. The van der Waals surface area contributed by atoms with Crippen molar-refractivity contribution in [3.8, 4) is 0 Å². The fraction of sp³-hybridized carbons (Fsp3) is 0.130. The van der Waals surface area contributed by atoms with Crippen LogP contribution < -0.4 is 10.2 Å². The molecular weight excluding hydrogens is 404 g/mol. The smallest absolute Gasteiger partial charge is 0.244 e. The van der Waals surface area contributed by atoms with Gasteiger partial charge in [0.15, 0.2) is 0 Å². The minimum Gasteiger partial charge on any atom is -0.325 e. The van der Waals surface area contributed by atoms with Crippen LogP contribution in [0.2, 0.25) is 5.02 Å². The first-order chi connectivity index (χ1) is 14.1. The zero-order valence-corrected chi connectivity index (χ0v) is 17.1. The molecule has 4 rings (SSSR count). The van der Waals surface area contributed by atoms with Crippen molar-refractivity contribution >= 4 is 46.6 Å². The van der Waals surface area contributed by atoms with E-state index in [4.69, 9.17) is 11.6 Å². The first-order valence-corrected chi connectivity index (χ1v) is 10.5. The number of carbonyl (C=O) groups excluding carboxylic acids is 2. The van der Waals surface area contributed by atoms with Gasteiger partial charge in [0, 0.05) is 27.3 Å². The highest BCUT2D eigenvalue weighted by atomic mass is 35.5. The number of thioether (sulfide) groups is 1. The summed E-state index contributed by atoms with van der Waals surface area (Å²) in [5.41, 5.74) is 2.52. The largest absolute Gasteiger partial charge is 0.325 e. The molecule has 0 aliphatic carbocycles. The van der Waals surface area contributed by atoms with Crippen molar-refractivity contribution in [3.63, 3.8) is 0 Å². The van der Waals surface area contributed by atoms with E-state index in [-0.39, 0.29) is 23.6 Å². The maximum Gasteiger partial charge on any atom is 0.244 e. The molecule has 146 valence electrons. The van der Waals surface area contributed by atoms with Gasteiger partial charge in [-0.3, -0.25) is 9.59 Å². The van der Waals surface area contributed by atoms with Crippen LogP contribution in [0.1, 0.15) is 17.2 Å². The summed E-state index contributed by atoms with van der Waals surface area (Å²) in [5.74, 6) is -0.318. The summed E-state index contributed by atoms with van der Waals surface area (Å²) in [7, 11) is 0. The highest BCUT2D eigenvalue weighted by molar-refractivity contribution is 7.99. The van der Waals surface area contributed by atoms with Gasteiger partial charge in [0.05, 0.1) is 5.69 Å². The number of nitrogens with one attached hydrogen (secondary N) is 1. The zero-order chi connectivity index (χ0) is 20.2. The lowest BCUT2D eigenvalue weighted by Crippen LogP contribution is -2.38. The summed E-state index contributed by atoms with van der Waals surface area (Å²) in [6, 6.07) is 24.6. The van der Waals surface area contributed by atoms with Crippen LogP contribution in [-0.4, -0.2) is 18.4 Å². The Morgan fingerprint density at radius 3 is 2.45 bits per heavy atom. The van der Waals surface area contributed by atoms with Gasteiger partial charge in [-0.15, -0.1) is 11.8 Å². The molecule has 3 aromatic rings. The van der Waals surface area contributed by atoms with E-state index in [2.05, 4.69) is 5.32 Å². The standard InChI is InChI=1S/C23H19ClN2O2S/c24-17-10-12-18(13-11-17)25-22(27)15-26-19-8-4-5-9-20(19)29-21(14-23(26)28)16-6-2-1-3-7-16/h1-13,21H,14-15H2,(H,25,27)/t21-/m0/s1. The second-order valence-corrected chi connectivity index (χ2v) is 8.40. The highest BCUT2D eigenvalue weighted by Gasteiger charge is 2.30. The maximum atomic E-state index is 13.1. The number of hydrogen-bond donors (Lipinski definition) is 1. The third-order valence-corrected chi connectivity index (χ3v) is 6.26. The summed E-state index contributed by atoms with van der Waals surface area (Å²) in [5, 5.41) is 3.44. The monoisotopic (exact) mass is 422 g/mol. The predicted molar refractivity (Wildman–Crippen MR) is 119 cm³/mol. The molecule has 0 fully saturated rings. The summed E-state index contributed by atoms with van der Waals surface area (Å²) in [4.78, 5) is 28.3. The van der Waals surface area contributed by atoms with Gasteiger partial charge in [0.25, 0.3) is 0 Å². The number of anilines is 2. The summed E-state index contributed by atoms with van der Waals surface area (Å²) in [6.07, 6.45) is 0.331. The quantitative estimate of drug-likeness (QED) is 0.599. The molecule has 1 atom stereocenters. The first-order valence-electron chi connectivity index (χ1n) is 9.26. The number of benzene rings is 3. The maximum absolute atomic E-state index is 13.1. The zero-order valence-electron chi connectivity index (χ0n) is 15.5. The van der Waals surface area contributed by atoms with Crippen LogP contribution in [0, 0.1) is 0 Å². The number of halogens is 1. The first kappa shape index (κ1) is 19.6. The van der Waals surface area contributed by atoms with Gasteiger partial charge in [0.2, 0.25) is 11.8 Å². The fourth-order valence-electron chi connectivity index (χ4n) is 3.28. The van der Waals surface area contributed by atoms with Gasteiger partial charge in [-0.05, 0) is 42.0 Å². The molecule has 1 heterocycles. The van der Waals surface area contributed by atoms with Crippen molar-refractivity contribution in [2.75, 3.05) is 16.8 Å². The molecule has 0 unspecified atom stereocenters. The molecule has 0 bridgehead atoms. The highest BCUT2D eigenvalue weighted by Crippen LogP contribution is 2.45. The molecule has 0 spiro atoms. The van der Waals surface area contributed by atoms with E-state index < -0.39 is 0 Å². The van der Waals surface area contributed by atoms with Crippen LogP contribution in [0.25, 0.3) is 0 Å². The summed E-state index contributed by atoms with van der Waals surface area (Å²) in [6.45, 7) is -0.0411. The molecule has 3 aromatic carbocycles. The van der Waals surface area contributed by atoms with Gasteiger partial charge in [-0.2, -0.15) is 0 Å². The van der Waals surface area contributed by atoms with Gasteiger partial charge in [-0.25, -0.2) is 0 Å². The Hall–Kier alpha value is -2.76. The van der Waals surface area contributed by atoms with Gasteiger partial charge >= 0.3 is 0 Å². The van der Waals surface area contributed by atoms with E-state index in [1.807, 2.05) is 54.6 Å². The molecule has 1 N–H and O–H groups in total. The van der Waals surface area contributed by atoms with Crippen LogP contribution >= 0.6 is 23.4 Å². The molecule has 4 nitrogen and oxygen atoms in total. The van der Waals surface area contributed by atoms with Gasteiger partial charge in [-0.1, -0.05) is 54.1 Å². The molecule has 6 heteroatoms. The Morgan fingerprint density at radius 2 is 1.69 bits per heavy atom. The Bertz CT molecular complexity index is 1020. The molecule has 0 aromatic heterocycles. The molecular formula is C23H19ClN2O2S. The normalized spacial score (nSPS) is 16.1. The van der Waals surface area contributed by atoms with E-state index >= 15 is 0 Å². The lowest BCUT2D eigenvalue weighted by atomic mass is 10.1.